The van der Waals surface area contributed by atoms with Crippen molar-refractivity contribution >= 4 is 11.9 Å². The minimum absolute atomic E-state index is 0.0551. The summed E-state index contributed by atoms with van der Waals surface area (Å²) in [4.78, 5) is 24.4. The first-order valence-corrected chi connectivity index (χ1v) is 7.03. The number of nitrogens with one attached hydrogen (secondary N) is 2. The van der Waals surface area contributed by atoms with Crippen LogP contribution in [0.25, 0.3) is 0 Å². The molecule has 1 unspecified atom stereocenters. The zero-order chi connectivity index (χ0) is 15.7. The molecule has 0 fully saturated rings. The lowest BCUT2D eigenvalue weighted by atomic mass is 10.0. The largest absolute Gasteiger partial charge is 0.354 e. The number of rotatable bonds is 7. The van der Waals surface area contributed by atoms with Gasteiger partial charge in [0.25, 0.3) is 0 Å². The Kier molecular flexibility index (Phi) is 7.25. The van der Waals surface area contributed by atoms with E-state index >= 15 is 0 Å². The zero-order valence-electron chi connectivity index (χ0n) is 12.6. The highest BCUT2D eigenvalue weighted by molar-refractivity contribution is 5.76. The number of benzene rings is 1. The average molecular weight is 292 g/mol. The highest BCUT2D eigenvalue weighted by Crippen LogP contribution is 2.14. The van der Waals surface area contributed by atoms with Crippen LogP contribution in [0.4, 0.5) is 4.79 Å². The Morgan fingerprint density at radius 3 is 2.38 bits per heavy atom. The number of carbonyl (C=O) groups is 2. The third-order valence-corrected chi connectivity index (χ3v) is 3.04. The summed E-state index contributed by atoms with van der Waals surface area (Å²) in [7, 11) is 3.33. The number of hydrogen-bond donors (Lipinski definition) is 3. The van der Waals surface area contributed by atoms with E-state index in [0.717, 1.165) is 5.56 Å². The maximum absolute atomic E-state index is 11.7. The molecule has 0 aliphatic rings. The number of amides is 3. The van der Waals surface area contributed by atoms with Crippen LogP contribution in [0.5, 0.6) is 0 Å². The molecule has 0 bridgehead atoms. The monoisotopic (exact) mass is 292 g/mol. The van der Waals surface area contributed by atoms with Gasteiger partial charge in [-0.05, 0) is 12.0 Å². The Morgan fingerprint density at radius 2 is 1.76 bits per heavy atom. The molecule has 0 spiro atoms. The van der Waals surface area contributed by atoms with Gasteiger partial charge in [0.1, 0.15) is 0 Å². The summed E-state index contributed by atoms with van der Waals surface area (Å²) in [6, 6.07) is 9.41. The number of hydrogen-bond acceptors (Lipinski definition) is 3. The second-order valence-electron chi connectivity index (χ2n) is 5.03. The molecule has 0 heterocycles. The summed E-state index contributed by atoms with van der Waals surface area (Å²) in [5.74, 6) is -0.0551. The molecule has 4 N–H and O–H groups in total. The third kappa shape index (κ3) is 6.76. The fourth-order valence-electron chi connectivity index (χ4n) is 1.77. The molecule has 3 amide bonds. The van der Waals surface area contributed by atoms with E-state index in [-0.39, 0.29) is 18.0 Å². The van der Waals surface area contributed by atoms with Crippen LogP contribution in [0, 0.1) is 0 Å². The molecule has 0 radical (unpaired) electrons. The molecule has 1 rings (SSSR count). The standard InChI is InChI=1S/C15H24N4O2/c1-19(2)15(21)18-11-10-17-14(20)9-8-13(16)12-6-4-3-5-7-12/h3-7,13H,8-11,16H2,1-2H3,(H,17,20)(H,18,21). The Labute approximate surface area is 125 Å². The van der Waals surface area contributed by atoms with Crippen LogP contribution in [0.15, 0.2) is 30.3 Å². The van der Waals surface area contributed by atoms with Gasteiger partial charge in [-0.15, -0.1) is 0 Å². The second-order valence-corrected chi connectivity index (χ2v) is 5.03. The van der Waals surface area contributed by atoms with Gasteiger partial charge in [-0.1, -0.05) is 30.3 Å². The first-order chi connectivity index (χ1) is 10.0. The van der Waals surface area contributed by atoms with Gasteiger partial charge in [0.2, 0.25) is 5.91 Å². The fourth-order valence-corrected chi connectivity index (χ4v) is 1.77. The van der Waals surface area contributed by atoms with Crippen LogP contribution in [-0.4, -0.2) is 44.0 Å². The molecule has 116 valence electrons. The van der Waals surface area contributed by atoms with Gasteiger partial charge in [-0.2, -0.15) is 0 Å². The van der Waals surface area contributed by atoms with Crippen molar-refractivity contribution in [3.05, 3.63) is 35.9 Å². The normalized spacial score (nSPS) is 11.6. The predicted octanol–water partition coefficient (Wildman–Crippen LogP) is 0.854. The van der Waals surface area contributed by atoms with Gasteiger partial charge in [0.15, 0.2) is 0 Å². The van der Waals surface area contributed by atoms with E-state index < -0.39 is 0 Å². The van der Waals surface area contributed by atoms with E-state index in [0.29, 0.717) is 25.9 Å². The summed E-state index contributed by atoms with van der Waals surface area (Å²) >= 11 is 0. The average Bonchev–Trinajstić information content (AvgIpc) is 2.49. The van der Waals surface area contributed by atoms with Crippen LogP contribution in [-0.2, 0) is 4.79 Å². The highest BCUT2D eigenvalue weighted by Gasteiger charge is 2.08. The quantitative estimate of drug-likeness (QED) is 0.651. The molecule has 6 heteroatoms. The van der Waals surface area contributed by atoms with Gasteiger partial charge in [0.05, 0.1) is 0 Å². The first-order valence-electron chi connectivity index (χ1n) is 7.03. The van der Waals surface area contributed by atoms with E-state index in [1.54, 1.807) is 14.1 Å². The lowest BCUT2D eigenvalue weighted by Crippen LogP contribution is -2.39. The first kappa shape index (κ1) is 17.0. The summed E-state index contributed by atoms with van der Waals surface area (Å²) in [6.07, 6.45) is 0.970. The van der Waals surface area contributed by atoms with Gasteiger partial charge in [-0.25, -0.2) is 4.79 Å². The van der Waals surface area contributed by atoms with E-state index in [1.165, 1.54) is 4.90 Å². The summed E-state index contributed by atoms with van der Waals surface area (Å²) < 4.78 is 0. The fraction of sp³-hybridized carbons (Fsp3) is 0.467. The van der Waals surface area contributed by atoms with Crippen molar-refractivity contribution in [2.24, 2.45) is 5.73 Å². The molecule has 1 aromatic carbocycles. The van der Waals surface area contributed by atoms with Crippen LogP contribution in [0.1, 0.15) is 24.4 Å². The smallest absolute Gasteiger partial charge is 0.316 e. The number of urea groups is 1. The van der Waals surface area contributed by atoms with Crippen molar-refractivity contribution in [1.82, 2.24) is 15.5 Å². The molecular weight excluding hydrogens is 268 g/mol. The highest BCUT2D eigenvalue weighted by atomic mass is 16.2. The molecule has 1 aromatic rings. The molecule has 1 atom stereocenters. The Balaban J connectivity index is 2.15. The maximum atomic E-state index is 11.7. The minimum atomic E-state index is -0.171. The van der Waals surface area contributed by atoms with Crippen LogP contribution in [0.2, 0.25) is 0 Å². The number of nitrogens with zero attached hydrogens (tertiary/aromatic N) is 1. The Bertz CT molecular complexity index is 448. The molecule has 0 saturated carbocycles. The predicted molar refractivity (Wildman–Crippen MR) is 82.7 cm³/mol. The van der Waals surface area contributed by atoms with Gasteiger partial charge < -0.3 is 21.3 Å². The maximum Gasteiger partial charge on any atom is 0.316 e. The second kappa shape index (κ2) is 8.97. The lowest BCUT2D eigenvalue weighted by molar-refractivity contribution is -0.121. The molecule has 6 nitrogen and oxygen atoms in total. The van der Waals surface area contributed by atoms with Gasteiger partial charge in [-0.3, -0.25) is 4.79 Å². The molecule has 0 saturated heterocycles. The molecule has 0 aromatic heterocycles. The van der Waals surface area contributed by atoms with Crippen molar-refractivity contribution in [3.8, 4) is 0 Å². The van der Waals surface area contributed by atoms with Crippen molar-refractivity contribution in [2.45, 2.75) is 18.9 Å². The summed E-state index contributed by atoms with van der Waals surface area (Å²) in [6.45, 7) is 0.826. The van der Waals surface area contributed by atoms with E-state index in [9.17, 15) is 9.59 Å². The van der Waals surface area contributed by atoms with Crippen molar-refractivity contribution < 1.29 is 9.59 Å². The molecule has 0 aliphatic carbocycles. The Morgan fingerprint density at radius 1 is 1.14 bits per heavy atom. The van der Waals surface area contributed by atoms with Gasteiger partial charge >= 0.3 is 6.03 Å². The third-order valence-electron chi connectivity index (χ3n) is 3.04. The van der Waals surface area contributed by atoms with E-state index in [2.05, 4.69) is 10.6 Å². The van der Waals surface area contributed by atoms with Crippen molar-refractivity contribution in [3.63, 3.8) is 0 Å². The number of carbonyl (C=O) groups excluding carboxylic acids is 2. The number of nitrogens with two attached hydrogens (primary N) is 1. The zero-order valence-corrected chi connectivity index (χ0v) is 12.6. The van der Waals surface area contributed by atoms with Crippen LogP contribution >= 0.6 is 0 Å². The lowest BCUT2D eigenvalue weighted by Gasteiger charge is -2.13. The molecule has 21 heavy (non-hydrogen) atoms. The molecule has 0 aliphatic heterocycles. The van der Waals surface area contributed by atoms with Gasteiger partial charge in [0, 0.05) is 39.6 Å². The SMILES string of the molecule is CN(C)C(=O)NCCNC(=O)CCC(N)c1ccccc1. The summed E-state index contributed by atoms with van der Waals surface area (Å²) in [5, 5.41) is 5.43. The van der Waals surface area contributed by atoms with Crippen LogP contribution < -0.4 is 16.4 Å². The summed E-state index contributed by atoms with van der Waals surface area (Å²) in [5.41, 5.74) is 7.06. The topological polar surface area (TPSA) is 87.5 Å². The van der Waals surface area contributed by atoms with E-state index in [1.807, 2.05) is 30.3 Å². The Hall–Kier alpha value is -2.08. The van der Waals surface area contributed by atoms with E-state index in [4.69, 9.17) is 5.73 Å². The minimum Gasteiger partial charge on any atom is -0.354 e. The molecular formula is C15H24N4O2. The van der Waals surface area contributed by atoms with Crippen LogP contribution in [0.3, 0.4) is 0 Å². The van der Waals surface area contributed by atoms with Crippen molar-refractivity contribution in [2.75, 3.05) is 27.2 Å². The van der Waals surface area contributed by atoms with Crippen molar-refractivity contribution in [1.29, 1.82) is 0 Å².